The average molecular weight is 318 g/mol. The third-order valence-corrected chi connectivity index (χ3v) is 2.79. The molecule has 0 aliphatic carbocycles. The van der Waals surface area contributed by atoms with Gasteiger partial charge >= 0.3 is 12.3 Å². The molecule has 0 fully saturated rings. The second-order valence-electron chi connectivity index (χ2n) is 4.28. The van der Waals surface area contributed by atoms with Gasteiger partial charge in [0.05, 0.1) is 6.61 Å². The van der Waals surface area contributed by atoms with Crippen LogP contribution in [0.25, 0.3) is 0 Å². The number of ether oxygens (including phenoxy) is 1. The lowest BCUT2D eigenvalue weighted by atomic mass is 10.1. The SMILES string of the molecule is NC(COCC(F)(F)C(F)F)Cc1ccc(F)cc1Cl. The zero-order chi connectivity index (χ0) is 15.3. The normalized spacial score (nSPS) is 13.8. The first kappa shape index (κ1) is 17.1. The van der Waals surface area contributed by atoms with Crippen molar-refractivity contribution in [1.29, 1.82) is 0 Å². The average Bonchev–Trinajstić information content (AvgIpc) is 2.32. The summed E-state index contributed by atoms with van der Waals surface area (Å²) in [5, 5.41) is 0.151. The number of rotatable bonds is 7. The Bertz CT molecular complexity index is 444. The Balaban J connectivity index is 2.42. The lowest BCUT2D eigenvalue weighted by Gasteiger charge is -2.18. The van der Waals surface area contributed by atoms with Gasteiger partial charge in [-0.3, -0.25) is 0 Å². The van der Waals surface area contributed by atoms with Gasteiger partial charge in [0.25, 0.3) is 0 Å². The summed E-state index contributed by atoms with van der Waals surface area (Å²) in [6, 6.07) is 2.96. The van der Waals surface area contributed by atoms with Gasteiger partial charge in [-0.25, -0.2) is 13.2 Å². The number of hydrogen-bond donors (Lipinski definition) is 1. The highest BCUT2D eigenvalue weighted by molar-refractivity contribution is 6.31. The van der Waals surface area contributed by atoms with Crippen LogP contribution in [-0.4, -0.2) is 31.6 Å². The molecule has 0 saturated carbocycles. The van der Waals surface area contributed by atoms with Gasteiger partial charge in [-0.05, 0) is 24.1 Å². The number of halogens is 6. The predicted octanol–water partition coefficient (Wildman–Crippen LogP) is 3.27. The Kier molecular flexibility index (Phi) is 6.16. The van der Waals surface area contributed by atoms with Crippen molar-refractivity contribution in [3.63, 3.8) is 0 Å². The minimum absolute atomic E-state index is 0.151. The highest BCUT2D eigenvalue weighted by Gasteiger charge is 2.41. The van der Waals surface area contributed by atoms with E-state index in [1.54, 1.807) is 0 Å². The van der Waals surface area contributed by atoms with E-state index < -0.39 is 30.8 Å². The number of hydrogen-bond acceptors (Lipinski definition) is 2. The summed E-state index contributed by atoms with van der Waals surface area (Å²) >= 11 is 5.77. The maximum absolute atomic E-state index is 12.8. The fourth-order valence-corrected chi connectivity index (χ4v) is 1.68. The first-order valence-corrected chi connectivity index (χ1v) is 6.03. The third-order valence-electron chi connectivity index (χ3n) is 2.44. The summed E-state index contributed by atoms with van der Waals surface area (Å²) in [6.45, 7) is -1.74. The van der Waals surface area contributed by atoms with Gasteiger partial charge in [0.15, 0.2) is 0 Å². The molecule has 0 aliphatic rings. The van der Waals surface area contributed by atoms with Crippen LogP contribution in [0.1, 0.15) is 5.56 Å². The molecule has 0 amide bonds. The van der Waals surface area contributed by atoms with Crippen LogP contribution in [0.15, 0.2) is 18.2 Å². The van der Waals surface area contributed by atoms with Gasteiger partial charge in [-0.15, -0.1) is 0 Å². The lowest BCUT2D eigenvalue weighted by molar-refractivity contribution is -0.166. The van der Waals surface area contributed by atoms with Crippen LogP contribution < -0.4 is 5.73 Å². The second-order valence-corrected chi connectivity index (χ2v) is 4.68. The number of benzene rings is 1. The summed E-state index contributed by atoms with van der Waals surface area (Å²) in [7, 11) is 0. The molecule has 0 bridgehead atoms. The van der Waals surface area contributed by atoms with E-state index in [0.29, 0.717) is 5.56 Å². The molecular weight excluding hydrogens is 305 g/mol. The highest BCUT2D eigenvalue weighted by Crippen LogP contribution is 2.23. The van der Waals surface area contributed by atoms with Crippen LogP contribution in [0.4, 0.5) is 22.0 Å². The standard InChI is InChI=1S/C12H13ClF5NO/c13-10-4-8(14)2-1-7(10)3-9(19)5-20-6-12(17,18)11(15)16/h1-2,4,9,11H,3,5-6,19H2. The molecule has 0 aromatic heterocycles. The van der Waals surface area contributed by atoms with Crippen molar-refractivity contribution in [2.45, 2.75) is 24.8 Å². The zero-order valence-electron chi connectivity index (χ0n) is 10.3. The van der Waals surface area contributed by atoms with E-state index in [4.69, 9.17) is 17.3 Å². The van der Waals surface area contributed by atoms with Crippen molar-refractivity contribution in [2.75, 3.05) is 13.2 Å². The van der Waals surface area contributed by atoms with Crippen molar-refractivity contribution in [1.82, 2.24) is 0 Å². The molecular formula is C12H13ClF5NO. The highest BCUT2D eigenvalue weighted by atomic mass is 35.5. The van der Waals surface area contributed by atoms with E-state index in [1.807, 2.05) is 0 Å². The van der Waals surface area contributed by atoms with E-state index in [2.05, 4.69) is 4.74 Å². The molecule has 8 heteroatoms. The van der Waals surface area contributed by atoms with Crippen LogP contribution in [-0.2, 0) is 11.2 Å². The molecule has 0 saturated heterocycles. The van der Waals surface area contributed by atoms with Gasteiger partial charge in [-0.2, -0.15) is 8.78 Å². The summed E-state index contributed by atoms with van der Waals surface area (Å²) in [5.74, 6) is -4.71. The number of nitrogens with two attached hydrogens (primary N) is 1. The quantitative estimate of drug-likeness (QED) is 0.783. The molecule has 20 heavy (non-hydrogen) atoms. The van der Waals surface area contributed by atoms with Crippen molar-refractivity contribution in [2.24, 2.45) is 5.73 Å². The zero-order valence-corrected chi connectivity index (χ0v) is 11.0. The maximum Gasteiger partial charge on any atom is 0.330 e. The topological polar surface area (TPSA) is 35.2 Å². The Hall–Kier alpha value is -0.920. The molecule has 1 rings (SSSR count). The van der Waals surface area contributed by atoms with Gasteiger partial charge in [0.1, 0.15) is 12.4 Å². The van der Waals surface area contributed by atoms with Gasteiger partial charge in [-0.1, -0.05) is 17.7 Å². The summed E-state index contributed by atoms with van der Waals surface area (Å²) in [6.07, 6.45) is -3.63. The Morgan fingerprint density at radius 2 is 1.95 bits per heavy atom. The van der Waals surface area contributed by atoms with E-state index in [-0.39, 0.29) is 18.1 Å². The van der Waals surface area contributed by atoms with Crippen molar-refractivity contribution >= 4 is 11.6 Å². The van der Waals surface area contributed by atoms with Crippen LogP contribution in [0, 0.1) is 5.82 Å². The molecule has 0 radical (unpaired) electrons. The van der Waals surface area contributed by atoms with Crippen LogP contribution >= 0.6 is 11.6 Å². The van der Waals surface area contributed by atoms with Crippen molar-refractivity contribution in [3.05, 3.63) is 34.6 Å². The molecule has 114 valence electrons. The smallest absolute Gasteiger partial charge is 0.330 e. The molecule has 1 aromatic carbocycles. The third kappa shape index (κ3) is 5.22. The maximum atomic E-state index is 12.8. The first-order valence-electron chi connectivity index (χ1n) is 5.65. The van der Waals surface area contributed by atoms with Crippen LogP contribution in [0.5, 0.6) is 0 Å². The second kappa shape index (κ2) is 7.19. The van der Waals surface area contributed by atoms with Crippen LogP contribution in [0.2, 0.25) is 5.02 Å². The van der Waals surface area contributed by atoms with E-state index in [0.717, 1.165) is 6.07 Å². The first-order chi connectivity index (χ1) is 9.22. The monoisotopic (exact) mass is 317 g/mol. The van der Waals surface area contributed by atoms with Crippen molar-refractivity contribution < 1.29 is 26.7 Å². The molecule has 1 atom stereocenters. The fourth-order valence-electron chi connectivity index (χ4n) is 1.44. The summed E-state index contributed by atoms with van der Waals surface area (Å²) < 4.78 is 66.1. The Labute approximate surface area is 117 Å². The molecule has 2 N–H and O–H groups in total. The molecule has 2 nitrogen and oxygen atoms in total. The molecule has 0 aliphatic heterocycles. The van der Waals surface area contributed by atoms with E-state index in [1.165, 1.54) is 12.1 Å². The lowest BCUT2D eigenvalue weighted by Crippen LogP contribution is -2.36. The molecule has 1 unspecified atom stereocenters. The Morgan fingerprint density at radius 1 is 1.30 bits per heavy atom. The summed E-state index contributed by atoms with van der Waals surface area (Å²) in [5.41, 5.74) is 6.13. The van der Waals surface area contributed by atoms with Crippen LogP contribution in [0.3, 0.4) is 0 Å². The van der Waals surface area contributed by atoms with Gasteiger partial charge in [0.2, 0.25) is 0 Å². The minimum Gasteiger partial charge on any atom is -0.373 e. The minimum atomic E-state index is -4.20. The van der Waals surface area contributed by atoms with Crippen molar-refractivity contribution in [3.8, 4) is 0 Å². The Morgan fingerprint density at radius 3 is 2.50 bits per heavy atom. The van der Waals surface area contributed by atoms with E-state index >= 15 is 0 Å². The predicted molar refractivity (Wildman–Crippen MR) is 64.9 cm³/mol. The van der Waals surface area contributed by atoms with Gasteiger partial charge in [0, 0.05) is 11.1 Å². The number of alkyl halides is 4. The molecule has 0 spiro atoms. The largest absolute Gasteiger partial charge is 0.373 e. The van der Waals surface area contributed by atoms with Gasteiger partial charge < -0.3 is 10.5 Å². The fraction of sp³-hybridized carbons (Fsp3) is 0.500. The van der Waals surface area contributed by atoms with E-state index in [9.17, 15) is 22.0 Å². The molecule has 1 aromatic rings. The summed E-state index contributed by atoms with van der Waals surface area (Å²) in [4.78, 5) is 0. The molecule has 0 heterocycles.